The molecule has 7 heteroatoms. The van der Waals surface area contributed by atoms with Crippen molar-refractivity contribution in [2.75, 3.05) is 5.32 Å². The monoisotopic (exact) mass is 306 g/mol. The number of nitrogens with zero attached hydrogens (tertiary/aromatic N) is 4. The summed E-state index contributed by atoms with van der Waals surface area (Å²) in [5.74, 6) is 1.08. The summed E-state index contributed by atoms with van der Waals surface area (Å²) < 4.78 is 0. The third-order valence-corrected chi connectivity index (χ3v) is 3.71. The standard InChI is InChI=1S/C16H14N6O/c23-16(21-12-7-18-15(19-8-12)10-3-4-10)13-9-20-22-14(13)11-2-1-5-17-6-11/h1-2,5-10H,3-4H2,(H,20,22)(H,21,23). The second-order valence-corrected chi connectivity index (χ2v) is 5.46. The first kappa shape index (κ1) is 13.6. The topological polar surface area (TPSA) is 96.5 Å². The maximum Gasteiger partial charge on any atom is 0.259 e. The molecule has 7 nitrogen and oxygen atoms in total. The van der Waals surface area contributed by atoms with Crippen molar-refractivity contribution >= 4 is 11.6 Å². The molecule has 0 atom stereocenters. The molecule has 23 heavy (non-hydrogen) atoms. The summed E-state index contributed by atoms with van der Waals surface area (Å²) in [7, 11) is 0. The summed E-state index contributed by atoms with van der Waals surface area (Å²) in [5.41, 5.74) is 2.45. The highest BCUT2D eigenvalue weighted by atomic mass is 16.1. The zero-order chi connectivity index (χ0) is 15.6. The molecule has 114 valence electrons. The van der Waals surface area contributed by atoms with Crippen molar-refractivity contribution < 1.29 is 4.79 Å². The molecular formula is C16H14N6O. The van der Waals surface area contributed by atoms with E-state index in [4.69, 9.17) is 0 Å². The zero-order valence-electron chi connectivity index (χ0n) is 12.2. The molecule has 0 radical (unpaired) electrons. The molecule has 0 unspecified atom stereocenters. The first-order valence-electron chi connectivity index (χ1n) is 7.38. The van der Waals surface area contributed by atoms with Crippen molar-refractivity contribution in [3.8, 4) is 11.3 Å². The molecule has 2 N–H and O–H groups in total. The van der Waals surface area contributed by atoms with E-state index in [9.17, 15) is 4.79 Å². The van der Waals surface area contributed by atoms with Gasteiger partial charge in [-0.25, -0.2) is 9.97 Å². The fourth-order valence-corrected chi connectivity index (χ4v) is 2.34. The number of anilines is 1. The fraction of sp³-hybridized carbons (Fsp3) is 0.188. The average molecular weight is 306 g/mol. The molecule has 0 aromatic carbocycles. The molecule has 0 saturated heterocycles. The van der Waals surface area contributed by atoms with Crippen LogP contribution >= 0.6 is 0 Å². The number of hydrogen-bond acceptors (Lipinski definition) is 5. The lowest BCUT2D eigenvalue weighted by Crippen LogP contribution is -2.13. The fourth-order valence-electron chi connectivity index (χ4n) is 2.34. The summed E-state index contributed by atoms with van der Waals surface area (Å²) in [6.45, 7) is 0. The summed E-state index contributed by atoms with van der Waals surface area (Å²) in [4.78, 5) is 25.1. The van der Waals surface area contributed by atoms with Crippen LogP contribution in [0.25, 0.3) is 11.3 Å². The number of hydrogen-bond donors (Lipinski definition) is 2. The summed E-state index contributed by atoms with van der Waals surface area (Å²) in [6.07, 6.45) is 10.4. The maximum atomic E-state index is 12.5. The van der Waals surface area contributed by atoms with Gasteiger partial charge in [0.25, 0.3) is 5.91 Å². The van der Waals surface area contributed by atoms with E-state index in [0.29, 0.717) is 22.9 Å². The molecule has 3 heterocycles. The van der Waals surface area contributed by atoms with Crippen LogP contribution in [0.4, 0.5) is 5.69 Å². The van der Waals surface area contributed by atoms with Crippen LogP contribution in [0, 0.1) is 0 Å². The van der Waals surface area contributed by atoms with E-state index in [1.807, 2.05) is 12.1 Å². The Balaban J connectivity index is 1.54. The van der Waals surface area contributed by atoms with Crippen LogP contribution in [0.5, 0.6) is 0 Å². The van der Waals surface area contributed by atoms with E-state index < -0.39 is 0 Å². The van der Waals surface area contributed by atoms with Crippen LogP contribution < -0.4 is 5.32 Å². The molecule has 1 amide bonds. The van der Waals surface area contributed by atoms with Gasteiger partial charge >= 0.3 is 0 Å². The molecule has 0 bridgehead atoms. The molecule has 0 spiro atoms. The molecule has 1 aliphatic carbocycles. The first-order valence-corrected chi connectivity index (χ1v) is 7.38. The van der Waals surface area contributed by atoms with Crippen molar-refractivity contribution in [1.82, 2.24) is 25.1 Å². The molecule has 3 aromatic rings. The van der Waals surface area contributed by atoms with E-state index >= 15 is 0 Å². The zero-order valence-corrected chi connectivity index (χ0v) is 12.2. The molecule has 1 fully saturated rings. The number of amides is 1. The van der Waals surface area contributed by atoms with E-state index in [-0.39, 0.29) is 5.91 Å². The van der Waals surface area contributed by atoms with Gasteiger partial charge in [0, 0.05) is 23.9 Å². The maximum absolute atomic E-state index is 12.5. The molecule has 4 rings (SSSR count). The normalized spacial score (nSPS) is 13.7. The van der Waals surface area contributed by atoms with Gasteiger partial charge < -0.3 is 5.32 Å². The minimum absolute atomic E-state index is 0.264. The Kier molecular flexibility index (Phi) is 3.30. The molecular weight excluding hydrogens is 292 g/mol. The number of pyridine rings is 1. The van der Waals surface area contributed by atoms with Gasteiger partial charge in [-0.2, -0.15) is 5.10 Å². The van der Waals surface area contributed by atoms with Gasteiger partial charge in [-0.3, -0.25) is 14.9 Å². The van der Waals surface area contributed by atoms with E-state index in [0.717, 1.165) is 24.2 Å². The Bertz CT molecular complexity index is 823. The second kappa shape index (κ2) is 5.60. The highest BCUT2D eigenvalue weighted by Crippen LogP contribution is 2.37. The number of rotatable bonds is 4. The van der Waals surface area contributed by atoms with Gasteiger partial charge in [-0.05, 0) is 25.0 Å². The number of aromatic amines is 1. The van der Waals surface area contributed by atoms with Crippen molar-refractivity contribution in [3.05, 3.63) is 54.5 Å². The molecule has 1 saturated carbocycles. The minimum Gasteiger partial charge on any atom is -0.319 e. The lowest BCUT2D eigenvalue weighted by atomic mass is 10.1. The van der Waals surface area contributed by atoms with Crippen molar-refractivity contribution in [1.29, 1.82) is 0 Å². The first-order chi connectivity index (χ1) is 11.3. The number of carbonyl (C=O) groups excluding carboxylic acids is 1. The van der Waals surface area contributed by atoms with Gasteiger partial charge in [0.2, 0.25) is 0 Å². The molecule has 0 aliphatic heterocycles. The van der Waals surface area contributed by atoms with Crippen LogP contribution in [0.1, 0.15) is 34.9 Å². The largest absolute Gasteiger partial charge is 0.319 e. The Morgan fingerprint density at radius 3 is 2.70 bits per heavy atom. The van der Waals surface area contributed by atoms with Crippen LogP contribution in [-0.2, 0) is 0 Å². The van der Waals surface area contributed by atoms with Crippen LogP contribution in [-0.4, -0.2) is 31.1 Å². The molecule has 1 aliphatic rings. The summed E-state index contributed by atoms with van der Waals surface area (Å²) in [6, 6.07) is 3.67. The second-order valence-electron chi connectivity index (χ2n) is 5.46. The molecule has 3 aromatic heterocycles. The van der Waals surface area contributed by atoms with Gasteiger partial charge in [-0.15, -0.1) is 0 Å². The van der Waals surface area contributed by atoms with Gasteiger partial charge in [0.15, 0.2) is 0 Å². The highest BCUT2D eigenvalue weighted by Gasteiger charge is 2.26. The van der Waals surface area contributed by atoms with Gasteiger partial charge in [0.05, 0.1) is 35.5 Å². The van der Waals surface area contributed by atoms with Gasteiger partial charge in [0.1, 0.15) is 5.82 Å². The van der Waals surface area contributed by atoms with Crippen LogP contribution in [0.15, 0.2) is 43.1 Å². The average Bonchev–Trinajstić information content (AvgIpc) is 3.32. The number of aromatic nitrogens is 5. The van der Waals surface area contributed by atoms with Crippen molar-refractivity contribution in [2.24, 2.45) is 0 Å². The smallest absolute Gasteiger partial charge is 0.259 e. The minimum atomic E-state index is -0.264. The summed E-state index contributed by atoms with van der Waals surface area (Å²) in [5, 5.41) is 9.60. The number of nitrogens with one attached hydrogen (secondary N) is 2. The highest BCUT2D eigenvalue weighted by molar-refractivity contribution is 6.07. The lowest BCUT2D eigenvalue weighted by Gasteiger charge is -2.06. The Labute approximate surface area is 132 Å². The van der Waals surface area contributed by atoms with Crippen molar-refractivity contribution in [2.45, 2.75) is 18.8 Å². The SMILES string of the molecule is O=C(Nc1cnc(C2CC2)nc1)c1cn[nH]c1-c1cccnc1. The van der Waals surface area contributed by atoms with Crippen LogP contribution in [0.3, 0.4) is 0 Å². The lowest BCUT2D eigenvalue weighted by molar-refractivity contribution is 0.102. The summed E-state index contributed by atoms with van der Waals surface area (Å²) >= 11 is 0. The predicted molar refractivity (Wildman–Crippen MR) is 83.8 cm³/mol. The Hall–Kier alpha value is -3.09. The number of carbonyl (C=O) groups is 1. The third-order valence-electron chi connectivity index (χ3n) is 3.71. The van der Waals surface area contributed by atoms with E-state index in [1.165, 1.54) is 6.20 Å². The number of H-pyrrole nitrogens is 1. The quantitative estimate of drug-likeness (QED) is 0.771. The van der Waals surface area contributed by atoms with E-state index in [2.05, 4.69) is 30.5 Å². The van der Waals surface area contributed by atoms with E-state index in [1.54, 1.807) is 24.8 Å². The Morgan fingerprint density at radius 2 is 2.00 bits per heavy atom. The van der Waals surface area contributed by atoms with Crippen LogP contribution in [0.2, 0.25) is 0 Å². The Morgan fingerprint density at radius 1 is 1.17 bits per heavy atom. The van der Waals surface area contributed by atoms with Gasteiger partial charge in [-0.1, -0.05) is 0 Å². The predicted octanol–water partition coefficient (Wildman–Crippen LogP) is 2.39. The van der Waals surface area contributed by atoms with Crippen molar-refractivity contribution in [3.63, 3.8) is 0 Å². The third kappa shape index (κ3) is 2.80.